The molecular weight excluding hydrogens is 248 g/mol. The first-order valence-corrected chi connectivity index (χ1v) is 7.14. The molecule has 20 heavy (non-hydrogen) atoms. The molecule has 3 N–H and O–H groups in total. The lowest BCUT2D eigenvalue weighted by Crippen LogP contribution is -2.18. The zero-order chi connectivity index (χ0) is 14.1. The topological polar surface area (TPSA) is 59.1 Å². The van der Waals surface area contributed by atoms with Crippen LogP contribution in [0.2, 0.25) is 0 Å². The Kier molecular flexibility index (Phi) is 3.45. The summed E-state index contributed by atoms with van der Waals surface area (Å²) in [6.45, 7) is 1.97. The molecular formula is C17H20N2O. The van der Waals surface area contributed by atoms with Gasteiger partial charge in [-0.15, -0.1) is 0 Å². The first-order chi connectivity index (χ1) is 9.66. The second kappa shape index (κ2) is 5.25. The Morgan fingerprint density at radius 3 is 3.00 bits per heavy atom. The van der Waals surface area contributed by atoms with Crippen molar-refractivity contribution >= 4 is 5.82 Å². The van der Waals surface area contributed by atoms with Gasteiger partial charge in [-0.1, -0.05) is 24.3 Å². The number of hydrogen-bond donors (Lipinski definition) is 2. The van der Waals surface area contributed by atoms with E-state index in [1.807, 2.05) is 19.1 Å². The Hall–Kier alpha value is -1.87. The molecule has 0 bridgehead atoms. The molecule has 0 saturated carbocycles. The minimum absolute atomic E-state index is 0.117. The van der Waals surface area contributed by atoms with Crippen molar-refractivity contribution in [3.05, 3.63) is 58.8 Å². The van der Waals surface area contributed by atoms with Crippen molar-refractivity contribution < 1.29 is 5.11 Å². The minimum Gasteiger partial charge on any atom is -0.388 e. The SMILES string of the molecule is Cc1cnc(N)c(C(O)C2CCCc3ccccc32)c1. The molecule has 0 radical (unpaired) electrons. The van der Waals surface area contributed by atoms with Crippen LogP contribution >= 0.6 is 0 Å². The van der Waals surface area contributed by atoms with Gasteiger partial charge < -0.3 is 10.8 Å². The van der Waals surface area contributed by atoms with Crippen LogP contribution in [0.15, 0.2) is 36.5 Å². The van der Waals surface area contributed by atoms with Crippen molar-refractivity contribution in [1.29, 1.82) is 0 Å². The average Bonchev–Trinajstić information content (AvgIpc) is 2.48. The van der Waals surface area contributed by atoms with Crippen molar-refractivity contribution in [2.24, 2.45) is 0 Å². The number of nitrogens with two attached hydrogens (primary N) is 1. The fourth-order valence-electron chi connectivity index (χ4n) is 3.18. The number of fused-ring (bicyclic) bond motifs is 1. The number of aromatic nitrogens is 1. The number of aliphatic hydroxyl groups is 1. The molecule has 2 atom stereocenters. The Bertz CT molecular complexity index is 624. The minimum atomic E-state index is -0.580. The van der Waals surface area contributed by atoms with Crippen LogP contribution in [-0.4, -0.2) is 10.1 Å². The molecule has 1 aromatic heterocycles. The monoisotopic (exact) mass is 268 g/mol. The Balaban J connectivity index is 1.99. The maximum Gasteiger partial charge on any atom is 0.129 e. The number of rotatable bonds is 2. The van der Waals surface area contributed by atoms with Gasteiger partial charge in [-0.2, -0.15) is 0 Å². The van der Waals surface area contributed by atoms with Crippen LogP contribution in [0.25, 0.3) is 0 Å². The van der Waals surface area contributed by atoms with Gasteiger partial charge >= 0.3 is 0 Å². The molecule has 0 saturated heterocycles. The molecule has 3 nitrogen and oxygen atoms in total. The normalized spacial score (nSPS) is 19.4. The maximum atomic E-state index is 10.8. The summed E-state index contributed by atoms with van der Waals surface area (Å²) in [4.78, 5) is 4.17. The summed E-state index contributed by atoms with van der Waals surface area (Å²) in [7, 11) is 0. The van der Waals surface area contributed by atoms with E-state index in [9.17, 15) is 5.11 Å². The van der Waals surface area contributed by atoms with Crippen molar-refractivity contribution in [3.63, 3.8) is 0 Å². The molecule has 3 heteroatoms. The Morgan fingerprint density at radius 2 is 2.15 bits per heavy atom. The van der Waals surface area contributed by atoms with Crippen molar-refractivity contribution in [1.82, 2.24) is 4.98 Å². The number of nitrogens with zero attached hydrogens (tertiary/aromatic N) is 1. The van der Waals surface area contributed by atoms with Gasteiger partial charge in [0.15, 0.2) is 0 Å². The second-order valence-corrected chi connectivity index (χ2v) is 5.63. The van der Waals surface area contributed by atoms with E-state index in [0.29, 0.717) is 5.82 Å². The highest BCUT2D eigenvalue weighted by molar-refractivity contribution is 5.45. The van der Waals surface area contributed by atoms with Crippen molar-refractivity contribution in [2.75, 3.05) is 5.73 Å². The van der Waals surface area contributed by atoms with Crippen LogP contribution in [0.5, 0.6) is 0 Å². The molecule has 0 amide bonds. The number of benzene rings is 1. The third-order valence-electron chi connectivity index (χ3n) is 4.20. The summed E-state index contributed by atoms with van der Waals surface area (Å²) in [5.74, 6) is 0.553. The quantitative estimate of drug-likeness (QED) is 0.879. The smallest absolute Gasteiger partial charge is 0.129 e. The lowest BCUT2D eigenvalue weighted by Gasteiger charge is -2.30. The number of hydrogen-bond acceptors (Lipinski definition) is 3. The predicted octanol–water partition coefficient (Wildman–Crippen LogP) is 3.13. The molecule has 0 aliphatic heterocycles. The highest BCUT2D eigenvalue weighted by atomic mass is 16.3. The van der Waals surface area contributed by atoms with Crippen molar-refractivity contribution in [3.8, 4) is 0 Å². The first kappa shape index (κ1) is 13.1. The van der Waals surface area contributed by atoms with Crippen LogP contribution in [0.3, 0.4) is 0 Å². The fourth-order valence-corrected chi connectivity index (χ4v) is 3.18. The van der Waals surface area contributed by atoms with Gasteiger partial charge in [0, 0.05) is 17.7 Å². The van der Waals surface area contributed by atoms with Crippen molar-refractivity contribution in [2.45, 2.75) is 38.2 Å². The van der Waals surface area contributed by atoms with E-state index in [-0.39, 0.29) is 5.92 Å². The van der Waals surface area contributed by atoms with Crippen LogP contribution in [-0.2, 0) is 6.42 Å². The summed E-state index contributed by atoms with van der Waals surface area (Å²) < 4.78 is 0. The second-order valence-electron chi connectivity index (χ2n) is 5.63. The van der Waals surface area contributed by atoms with E-state index in [4.69, 9.17) is 5.73 Å². The van der Waals surface area contributed by atoms with E-state index in [0.717, 1.165) is 30.4 Å². The molecule has 104 valence electrons. The lowest BCUT2D eigenvalue weighted by atomic mass is 9.78. The van der Waals surface area contributed by atoms with E-state index in [1.165, 1.54) is 11.1 Å². The van der Waals surface area contributed by atoms with E-state index >= 15 is 0 Å². The van der Waals surface area contributed by atoms with Gasteiger partial charge in [-0.05, 0) is 48.9 Å². The first-order valence-electron chi connectivity index (χ1n) is 7.14. The molecule has 3 rings (SSSR count). The highest BCUT2D eigenvalue weighted by Gasteiger charge is 2.28. The molecule has 0 fully saturated rings. The van der Waals surface area contributed by atoms with Crippen LogP contribution < -0.4 is 5.73 Å². The molecule has 1 aliphatic carbocycles. The zero-order valence-corrected chi connectivity index (χ0v) is 11.7. The van der Waals surface area contributed by atoms with Gasteiger partial charge in [0.1, 0.15) is 5.82 Å². The molecule has 2 aromatic rings. The average molecular weight is 268 g/mol. The van der Waals surface area contributed by atoms with Gasteiger partial charge in [0.05, 0.1) is 6.10 Å². The van der Waals surface area contributed by atoms with Gasteiger partial charge in [0.2, 0.25) is 0 Å². The molecule has 1 heterocycles. The molecule has 0 spiro atoms. The standard InChI is InChI=1S/C17H20N2O/c1-11-9-15(17(18)19-10-11)16(20)14-8-4-6-12-5-2-3-7-13(12)14/h2-3,5,7,9-10,14,16,20H,4,6,8H2,1H3,(H2,18,19). The summed E-state index contributed by atoms with van der Waals surface area (Å²) in [6.07, 6.45) is 4.36. The van der Waals surface area contributed by atoms with Gasteiger partial charge in [-0.25, -0.2) is 4.98 Å². The fraction of sp³-hybridized carbons (Fsp3) is 0.353. The largest absolute Gasteiger partial charge is 0.388 e. The van der Waals surface area contributed by atoms with Gasteiger partial charge in [0.25, 0.3) is 0 Å². The highest BCUT2D eigenvalue weighted by Crippen LogP contribution is 2.41. The molecule has 1 aromatic carbocycles. The number of nitrogen functional groups attached to an aromatic ring is 1. The number of aliphatic hydroxyl groups excluding tert-OH is 1. The Labute approximate surface area is 119 Å². The molecule has 2 unspecified atom stereocenters. The lowest BCUT2D eigenvalue weighted by molar-refractivity contribution is 0.136. The summed E-state index contributed by atoms with van der Waals surface area (Å²) in [5.41, 5.74) is 10.3. The van der Waals surface area contributed by atoms with Crippen LogP contribution in [0.4, 0.5) is 5.82 Å². The number of anilines is 1. The third-order valence-corrected chi connectivity index (χ3v) is 4.20. The Morgan fingerprint density at radius 1 is 1.35 bits per heavy atom. The predicted molar refractivity (Wildman–Crippen MR) is 80.5 cm³/mol. The van der Waals surface area contributed by atoms with E-state index in [2.05, 4.69) is 23.2 Å². The van der Waals surface area contributed by atoms with E-state index < -0.39 is 6.10 Å². The number of aryl methyl sites for hydroxylation is 2. The zero-order valence-electron chi connectivity index (χ0n) is 11.7. The van der Waals surface area contributed by atoms with E-state index in [1.54, 1.807) is 6.20 Å². The number of pyridine rings is 1. The summed E-state index contributed by atoms with van der Waals surface area (Å²) in [6, 6.07) is 10.3. The third kappa shape index (κ3) is 2.29. The summed E-state index contributed by atoms with van der Waals surface area (Å²) >= 11 is 0. The van der Waals surface area contributed by atoms with Gasteiger partial charge in [-0.3, -0.25) is 0 Å². The summed E-state index contributed by atoms with van der Waals surface area (Å²) in [5, 5.41) is 10.8. The van der Waals surface area contributed by atoms with Crippen LogP contribution in [0, 0.1) is 6.92 Å². The maximum absolute atomic E-state index is 10.8. The van der Waals surface area contributed by atoms with Crippen LogP contribution in [0.1, 0.15) is 47.1 Å². The molecule has 1 aliphatic rings.